The third-order valence-electron chi connectivity index (χ3n) is 4.26. The average molecular weight is 431 g/mol. The zero-order chi connectivity index (χ0) is 20.4. The highest BCUT2D eigenvalue weighted by Crippen LogP contribution is 2.47. The molecular weight excluding hydrogens is 403 g/mol. The van der Waals surface area contributed by atoms with Crippen molar-refractivity contribution < 1.29 is 13.6 Å². The molecule has 2 heterocycles. The minimum atomic E-state index is -3.10. The van der Waals surface area contributed by atoms with Gasteiger partial charge in [-0.05, 0) is 26.8 Å². The van der Waals surface area contributed by atoms with Gasteiger partial charge in [0.1, 0.15) is 11.5 Å². The maximum Gasteiger partial charge on any atom is 0.331 e. The molecule has 0 radical (unpaired) electrons. The molecule has 1 aliphatic heterocycles. The molecule has 0 aromatic carbocycles. The van der Waals surface area contributed by atoms with Gasteiger partial charge in [0.05, 0.1) is 38.1 Å². The molecule has 156 valence electrons. The molecule has 1 aromatic rings. The summed E-state index contributed by atoms with van der Waals surface area (Å²) in [6, 6.07) is 2.17. The number of nitrogens with zero attached hydrogens (tertiary/aromatic N) is 5. The number of nitriles is 1. The normalized spacial score (nSPS) is 16.0. The van der Waals surface area contributed by atoms with E-state index in [0.717, 1.165) is 18.8 Å². The van der Waals surface area contributed by atoms with Crippen LogP contribution < -0.4 is 5.32 Å². The summed E-state index contributed by atoms with van der Waals surface area (Å²) < 4.78 is 25.5. The lowest BCUT2D eigenvalue weighted by atomic mass is 10.3. The number of anilines is 1. The van der Waals surface area contributed by atoms with Crippen LogP contribution in [0.5, 0.6) is 0 Å². The lowest BCUT2D eigenvalue weighted by Gasteiger charge is -2.25. The molecule has 0 bridgehead atoms. The monoisotopic (exact) mass is 430 g/mol. The molecule has 1 aromatic heterocycles. The fraction of sp³-hybridized carbons (Fsp3) is 0.706. The van der Waals surface area contributed by atoms with E-state index in [1.54, 1.807) is 26.5 Å². The second kappa shape index (κ2) is 11.5. The molecule has 1 N–H and O–H groups in total. The quantitative estimate of drug-likeness (QED) is 0.221. The van der Waals surface area contributed by atoms with Crippen LogP contribution in [0.4, 0.5) is 5.82 Å². The number of unbranched alkanes of at least 4 members (excludes halogenated alkanes) is 1. The second-order valence-electron chi connectivity index (χ2n) is 6.20. The van der Waals surface area contributed by atoms with Gasteiger partial charge in [0.2, 0.25) is 0 Å². The molecule has 0 aliphatic carbocycles. The number of halogens is 1. The van der Waals surface area contributed by atoms with Crippen LogP contribution in [-0.2, 0) is 20.2 Å². The Morgan fingerprint density at radius 2 is 2.11 bits per heavy atom. The molecule has 9 nitrogen and oxygen atoms in total. The van der Waals surface area contributed by atoms with E-state index >= 15 is 0 Å². The summed E-state index contributed by atoms with van der Waals surface area (Å²) in [4.78, 5) is 10.6. The van der Waals surface area contributed by atoms with E-state index < -0.39 is 13.1 Å². The maximum atomic E-state index is 12.7. The van der Waals surface area contributed by atoms with Crippen LogP contribution in [0.3, 0.4) is 0 Å². The molecular formula is C17H28ClN6O3P. The predicted molar refractivity (Wildman–Crippen MR) is 110 cm³/mol. The first-order valence-electron chi connectivity index (χ1n) is 9.47. The number of hydrogen-bond acceptors (Lipinski definition) is 8. The smallest absolute Gasteiger partial charge is 0.331 e. The number of nitrogens with one attached hydrogen (secondary N) is 1. The Balaban J connectivity index is 1.97. The Morgan fingerprint density at radius 1 is 1.36 bits per heavy atom. The van der Waals surface area contributed by atoms with Crippen LogP contribution in [0.1, 0.15) is 37.9 Å². The number of rotatable bonds is 13. The van der Waals surface area contributed by atoms with Crippen molar-refractivity contribution in [2.24, 2.45) is 4.99 Å². The van der Waals surface area contributed by atoms with Gasteiger partial charge in [-0.15, -0.1) is 0 Å². The van der Waals surface area contributed by atoms with E-state index in [1.807, 2.05) is 4.57 Å². The van der Waals surface area contributed by atoms with Gasteiger partial charge >= 0.3 is 7.60 Å². The largest absolute Gasteiger partial charge is 0.331 e. The highest BCUT2D eigenvalue weighted by molar-refractivity contribution is 7.53. The summed E-state index contributed by atoms with van der Waals surface area (Å²) in [6.45, 7) is 6.98. The SMILES string of the molecule is CCOP(=O)(CCN(CCCC#N)CCn1cnc2c1NC=NC2Cl)OCC. The molecule has 0 saturated carbocycles. The molecule has 1 aliphatic rings. The van der Waals surface area contributed by atoms with Gasteiger partial charge in [0.15, 0.2) is 5.50 Å². The second-order valence-corrected chi connectivity index (χ2v) is 8.80. The van der Waals surface area contributed by atoms with Gasteiger partial charge in [-0.25, -0.2) is 9.98 Å². The first-order valence-corrected chi connectivity index (χ1v) is 11.6. The summed E-state index contributed by atoms with van der Waals surface area (Å²) in [6.07, 6.45) is 4.86. The fourth-order valence-corrected chi connectivity index (χ4v) is 4.79. The van der Waals surface area contributed by atoms with Crippen LogP contribution in [0, 0.1) is 11.3 Å². The van der Waals surface area contributed by atoms with E-state index in [0.29, 0.717) is 51.1 Å². The van der Waals surface area contributed by atoms with Crippen molar-refractivity contribution in [2.45, 2.75) is 38.7 Å². The van der Waals surface area contributed by atoms with Gasteiger partial charge < -0.3 is 23.8 Å². The van der Waals surface area contributed by atoms with Gasteiger partial charge in [0, 0.05) is 26.1 Å². The Kier molecular flexibility index (Phi) is 9.42. The highest BCUT2D eigenvalue weighted by Gasteiger charge is 2.25. The zero-order valence-electron chi connectivity index (χ0n) is 16.4. The third kappa shape index (κ3) is 6.57. The van der Waals surface area contributed by atoms with Gasteiger partial charge in [-0.1, -0.05) is 11.6 Å². The average Bonchev–Trinajstić information content (AvgIpc) is 3.08. The van der Waals surface area contributed by atoms with E-state index in [1.165, 1.54) is 0 Å². The van der Waals surface area contributed by atoms with Crippen molar-refractivity contribution in [1.82, 2.24) is 14.5 Å². The van der Waals surface area contributed by atoms with Crippen molar-refractivity contribution in [2.75, 3.05) is 44.3 Å². The van der Waals surface area contributed by atoms with Gasteiger partial charge in [-0.2, -0.15) is 5.26 Å². The van der Waals surface area contributed by atoms with Crippen molar-refractivity contribution in [3.8, 4) is 6.07 Å². The van der Waals surface area contributed by atoms with Crippen LogP contribution in [0.25, 0.3) is 0 Å². The van der Waals surface area contributed by atoms with Crippen molar-refractivity contribution >= 4 is 31.4 Å². The molecule has 0 saturated heterocycles. The zero-order valence-corrected chi connectivity index (χ0v) is 18.0. The van der Waals surface area contributed by atoms with Crippen LogP contribution in [0.2, 0.25) is 0 Å². The topological polar surface area (TPSA) is 105 Å². The lowest BCUT2D eigenvalue weighted by molar-refractivity contribution is 0.210. The van der Waals surface area contributed by atoms with Crippen LogP contribution in [-0.4, -0.2) is 59.8 Å². The molecule has 1 atom stereocenters. The number of fused-ring (bicyclic) bond motifs is 1. The first-order chi connectivity index (χ1) is 13.5. The van der Waals surface area contributed by atoms with Crippen molar-refractivity contribution in [1.29, 1.82) is 5.26 Å². The number of alkyl halides is 1. The van der Waals surface area contributed by atoms with Crippen molar-refractivity contribution in [3.63, 3.8) is 0 Å². The standard InChI is InChI=1S/C17H28ClN6O3P/c1-3-26-28(25,27-4-2)12-11-23(8-6-5-7-19)9-10-24-14-22-15-16(18)20-13-21-17(15)24/h13-14,16H,3-6,8-12H2,1-2H3,(H,20,21). The van der Waals surface area contributed by atoms with E-state index in [2.05, 4.69) is 26.3 Å². The predicted octanol–water partition coefficient (Wildman–Crippen LogP) is 3.45. The molecule has 0 amide bonds. The fourth-order valence-electron chi connectivity index (χ4n) is 2.92. The van der Waals surface area contributed by atoms with Crippen LogP contribution >= 0.6 is 19.2 Å². The Labute approximate surface area is 171 Å². The Bertz CT molecular complexity index is 725. The molecule has 2 rings (SSSR count). The summed E-state index contributed by atoms with van der Waals surface area (Å²) >= 11 is 6.15. The summed E-state index contributed by atoms with van der Waals surface area (Å²) in [5.41, 5.74) is 0.227. The lowest BCUT2D eigenvalue weighted by Crippen LogP contribution is -2.32. The Hall–Kier alpha value is -1.43. The van der Waals surface area contributed by atoms with Crippen molar-refractivity contribution in [3.05, 3.63) is 12.0 Å². The number of aromatic nitrogens is 2. The third-order valence-corrected chi connectivity index (χ3v) is 6.63. The van der Waals surface area contributed by atoms with E-state index in [4.69, 9.17) is 25.9 Å². The maximum absolute atomic E-state index is 12.7. The Morgan fingerprint density at radius 3 is 2.79 bits per heavy atom. The summed E-state index contributed by atoms with van der Waals surface area (Å²) in [5, 5.41) is 11.9. The van der Waals surface area contributed by atoms with Gasteiger partial charge in [0.25, 0.3) is 0 Å². The van der Waals surface area contributed by atoms with E-state index in [-0.39, 0.29) is 0 Å². The summed E-state index contributed by atoms with van der Waals surface area (Å²) in [5.74, 6) is 0.835. The number of hydrogen-bond donors (Lipinski definition) is 1. The molecule has 11 heteroatoms. The van der Waals surface area contributed by atoms with Crippen LogP contribution in [0.15, 0.2) is 11.3 Å². The highest BCUT2D eigenvalue weighted by atomic mass is 35.5. The van der Waals surface area contributed by atoms with Gasteiger partial charge in [-0.3, -0.25) is 4.57 Å². The number of aliphatic imine (C=N–C) groups is 1. The minimum absolute atomic E-state index is 0.317. The minimum Gasteiger partial charge on any atom is -0.331 e. The van der Waals surface area contributed by atoms with E-state index in [9.17, 15) is 4.57 Å². The molecule has 0 spiro atoms. The number of imidazole rings is 1. The summed E-state index contributed by atoms with van der Waals surface area (Å²) in [7, 11) is -3.10. The molecule has 0 fully saturated rings. The molecule has 1 unspecified atom stereocenters. The molecule has 28 heavy (non-hydrogen) atoms. The first kappa shape index (κ1) is 22.9.